The summed E-state index contributed by atoms with van der Waals surface area (Å²) in [5.41, 5.74) is 12.1. The van der Waals surface area contributed by atoms with Crippen LogP contribution in [0, 0.1) is 0 Å². The molecular formula is C52H32N2O2. The minimum Gasteiger partial charge on any atom is -0.456 e. The average Bonchev–Trinajstić information content (AvgIpc) is 3.83. The third-order valence-corrected chi connectivity index (χ3v) is 10.8. The molecule has 1 aliphatic rings. The van der Waals surface area contributed by atoms with E-state index in [4.69, 9.17) is 18.8 Å². The minimum atomic E-state index is 0.591. The highest BCUT2D eigenvalue weighted by atomic mass is 16.3. The maximum Gasteiger partial charge on any atom is 0.161 e. The molecule has 0 N–H and O–H groups in total. The van der Waals surface area contributed by atoms with Crippen molar-refractivity contribution in [3.05, 3.63) is 211 Å². The number of hydrogen-bond donors (Lipinski definition) is 0. The van der Waals surface area contributed by atoms with Crippen LogP contribution in [0.3, 0.4) is 0 Å². The van der Waals surface area contributed by atoms with Crippen LogP contribution in [0.25, 0.3) is 82.6 Å². The third kappa shape index (κ3) is 5.39. The van der Waals surface area contributed by atoms with Gasteiger partial charge in [0.2, 0.25) is 0 Å². The van der Waals surface area contributed by atoms with Crippen molar-refractivity contribution in [1.29, 1.82) is 0 Å². The first kappa shape index (κ1) is 31.9. The number of para-hydroxylation sites is 2. The molecule has 56 heavy (non-hydrogen) atoms. The van der Waals surface area contributed by atoms with Crippen LogP contribution in [0.1, 0.15) is 16.7 Å². The lowest BCUT2D eigenvalue weighted by Crippen LogP contribution is -2.09. The van der Waals surface area contributed by atoms with Crippen molar-refractivity contribution in [3.63, 3.8) is 0 Å². The van der Waals surface area contributed by atoms with Gasteiger partial charge in [-0.1, -0.05) is 146 Å². The lowest BCUT2D eigenvalue weighted by Gasteiger charge is -2.16. The van der Waals surface area contributed by atoms with Gasteiger partial charge in [-0.05, 0) is 81.6 Å². The van der Waals surface area contributed by atoms with Gasteiger partial charge in [0.15, 0.2) is 5.84 Å². The molecule has 2 aromatic heterocycles. The highest BCUT2D eigenvalue weighted by Crippen LogP contribution is 2.43. The number of furan rings is 2. The van der Waals surface area contributed by atoms with Crippen molar-refractivity contribution in [1.82, 2.24) is 0 Å². The Morgan fingerprint density at radius 3 is 1.82 bits per heavy atom. The number of allylic oxidation sites excluding steroid dienone is 3. The zero-order valence-corrected chi connectivity index (χ0v) is 30.2. The van der Waals surface area contributed by atoms with Gasteiger partial charge in [-0.3, -0.25) is 0 Å². The normalized spacial score (nSPS) is 13.2. The molecule has 10 aromatic rings. The van der Waals surface area contributed by atoms with E-state index < -0.39 is 0 Å². The van der Waals surface area contributed by atoms with Crippen molar-refractivity contribution in [3.8, 4) is 22.3 Å². The number of aliphatic imine (C=N–C) groups is 2. The quantitative estimate of drug-likeness (QED) is 0.178. The van der Waals surface area contributed by atoms with Gasteiger partial charge in [0, 0.05) is 38.2 Å². The number of nitrogens with zero attached hydrogens (tertiary/aromatic N) is 2. The zero-order chi connectivity index (χ0) is 37.0. The third-order valence-electron chi connectivity index (χ3n) is 10.8. The van der Waals surface area contributed by atoms with Gasteiger partial charge in [-0.25, -0.2) is 9.98 Å². The molecule has 262 valence electrons. The molecular weight excluding hydrogens is 685 g/mol. The van der Waals surface area contributed by atoms with Crippen LogP contribution in [-0.4, -0.2) is 11.5 Å². The van der Waals surface area contributed by atoms with Crippen LogP contribution in [-0.2, 0) is 0 Å². The summed E-state index contributed by atoms with van der Waals surface area (Å²) < 4.78 is 13.0. The highest BCUT2D eigenvalue weighted by Gasteiger charge is 2.24. The molecule has 3 heterocycles. The minimum absolute atomic E-state index is 0.591. The van der Waals surface area contributed by atoms with E-state index in [0.717, 1.165) is 94.1 Å². The molecule has 0 fully saturated rings. The van der Waals surface area contributed by atoms with E-state index >= 15 is 0 Å². The van der Waals surface area contributed by atoms with Crippen LogP contribution in [0.5, 0.6) is 0 Å². The Bertz CT molecular complexity index is 3290. The van der Waals surface area contributed by atoms with Gasteiger partial charge in [0.05, 0.1) is 11.4 Å². The summed E-state index contributed by atoms with van der Waals surface area (Å²) in [6, 6.07) is 60.9. The summed E-state index contributed by atoms with van der Waals surface area (Å²) >= 11 is 0. The van der Waals surface area contributed by atoms with Crippen molar-refractivity contribution >= 4 is 71.9 Å². The molecule has 0 radical (unpaired) electrons. The van der Waals surface area contributed by atoms with Crippen molar-refractivity contribution in [2.45, 2.75) is 0 Å². The van der Waals surface area contributed by atoms with Crippen molar-refractivity contribution in [2.75, 3.05) is 0 Å². The van der Waals surface area contributed by atoms with E-state index in [0.29, 0.717) is 5.84 Å². The fourth-order valence-electron chi connectivity index (χ4n) is 8.08. The van der Waals surface area contributed by atoms with E-state index in [1.54, 1.807) is 0 Å². The molecule has 0 amide bonds. The molecule has 4 nitrogen and oxygen atoms in total. The van der Waals surface area contributed by atoms with Gasteiger partial charge in [0.25, 0.3) is 0 Å². The molecule has 0 saturated carbocycles. The second kappa shape index (κ2) is 13.1. The maximum atomic E-state index is 6.55. The summed E-state index contributed by atoms with van der Waals surface area (Å²) in [7, 11) is 0. The molecule has 4 heteroatoms. The molecule has 0 aliphatic carbocycles. The van der Waals surface area contributed by atoms with Crippen molar-refractivity contribution < 1.29 is 8.83 Å². The number of fused-ring (bicyclic) bond motifs is 7. The summed E-state index contributed by atoms with van der Waals surface area (Å²) in [5, 5.41) is 6.41. The SMILES string of the molecule is C1=CC(c2ccc3ccccc3c2)=NC(c2c(-c3cccc4oc5ccccc5c34)ccc3oc4ccccc4c23)=NC(c2ccc(-c3ccccc3)cc2)=C1. The number of amidine groups is 1. The topological polar surface area (TPSA) is 51.0 Å². The molecule has 8 aromatic carbocycles. The van der Waals surface area contributed by atoms with Crippen LogP contribution < -0.4 is 0 Å². The summed E-state index contributed by atoms with van der Waals surface area (Å²) in [5.74, 6) is 0.591. The maximum absolute atomic E-state index is 6.55. The Morgan fingerprint density at radius 2 is 1.02 bits per heavy atom. The van der Waals surface area contributed by atoms with Crippen LogP contribution in [0.15, 0.2) is 213 Å². The number of benzene rings is 8. The molecule has 1 aliphatic heterocycles. The van der Waals surface area contributed by atoms with Gasteiger partial charge in [0.1, 0.15) is 22.3 Å². The fraction of sp³-hybridized carbons (Fsp3) is 0. The fourth-order valence-corrected chi connectivity index (χ4v) is 8.08. The Balaban J connectivity index is 1.20. The van der Waals surface area contributed by atoms with Gasteiger partial charge in [-0.2, -0.15) is 0 Å². The lowest BCUT2D eigenvalue weighted by atomic mass is 9.91. The Hall–Kier alpha value is -7.56. The summed E-state index contributed by atoms with van der Waals surface area (Å²) in [6.07, 6.45) is 6.24. The van der Waals surface area contributed by atoms with Crippen LogP contribution in [0.2, 0.25) is 0 Å². The first-order valence-electron chi connectivity index (χ1n) is 18.8. The first-order chi connectivity index (χ1) is 27.7. The summed E-state index contributed by atoms with van der Waals surface area (Å²) in [4.78, 5) is 11.1. The van der Waals surface area contributed by atoms with Gasteiger partial charge in [-0.15, -0.1) is 0 Å². The lowest BCUT2D eigenvalue weighted by molar-refractivity contribution is 0.669. The Morgan fingerprint density at radius 1 is 0.393 bits per heavy atom. The van der Waals surface area contributed by atoms with Crippen LogP contribution in [0.4, 0.5) is 0 Å². The number of hydrogen-bond acceptors (Lipinski definition) is 4. The van der Waals surface area contributed by atoms with E-state index in [2.05, 4.69) is 158 Å². The van der Waals surface area contributed by atoms with Crippen LogP contribution >= 0.6 is 0 Å². The predicted octanol–water partition coefficient (Wildman–Crippen LogP) is 13.8. The summed E-state index contributed by atoms with van der Waals surface area (Å²) in [6.45, 7) is 0. The van der Waals surface area contributed by atoms with Gasteiger partial charge >= 0.3 is 0 Å². The average molecular weight is 717 g/mol. The molecule has 0 bridgehead atoms. The molecule has 0 atom stereocenters. The molecule has 0 spiro atoms. The molecule has 0 unspecified atom stereocenters. The smallest absolute Gasteiger partial charge is 0.161 e. The predicted molar refractivity (Wildman–Crippen MR) is 232 cm³/mol. The highest BCUT2D eigenvalue weighted by molar-refractivity contribution is 6.28. The molecule has 0 saturated heterocycles. The molecule has 11 rings (SSSR count). The standard InChI is InChI=1S/C52H32N2O2/c1-2-12-33(13-3-1)35-24-27-36(28-25-35)43-19-11-20-44(38-29-26-34-14-4-5-15-37(34)32-38)54-52(53-43)51-40(30-31-48-50(51)42-17-7-9-22-46(42)56-48)39-18-10-23-47-49(39)41-16-6-8-21-45(41)55-47/h1-32H. The second-order valence-corrected chi connectivity index (χ2v) is 14.1. The number of rotatable bonds is 5. The van der Waals surface area contributed by atoms with E-state index in [-0.39, 0.29) is 0 Å². The van der Waals surface area contributed by atoms with Crippen molar-refractivity contribution in [2.24, 2.45) is 9.98 Å². The largest absolute Gasteiger partial charge is 0.456 e. The van der Waals surface area contributed by atoms with Gasteiger partial charge < -0.3 is 8.83 Å². The second-order valence-electron chi connectivity index (χ2n) is 14.1. The van der Waals surface area contributed by atoms with E-state index in [1.807, 2.05) is 36.4 Å². The Kier molecular flexibility index (Phi) is 7.46. The van der Waals surface area contributed by atoms with E-state index in [1.165, 1.54) is 10.9 Å². The first-order valence-corrected chi connectivity index (χ1v) is 18.8. The monoisotopic (exact) mass is 716 g/mol. The Labute approximate surface area is 322 Å². The van der Waals surface area contributed by atoms with E-state index in [9.17, 15) is 0 Å². The zero-order valence-electron chi connectivity index (χ0n) is 30.2.